The Balaban J connectivity index is 2.25. The highest BCUT2D eigenvalue weighted by molar-refractivity contribution is 5.53. The Morgan fingerprint density at radius 1 is 1.56 bits per heavy atom. The molecule has 0 saturated heterocycles. The van der Waals surface area contributed by atoms with E-state index in [0.29, 0.717) is 11.5 Å². The standard InChI is InChI=1S/C12H11N5O/c1-6-9-10(8-3-2-4-15-8)7(5-13)11(14)18-12(9)17-16-6/h2-4,10,15H,14H2,1H3,(H,16,17). The van der Waals surface area contributed by atoms with E-state index in [1.165, 1.54) is 0 Å². The molecule has 6 nitrogen and oxygen atoms in total. The summed E-state index contributed by atoms with van der Waals surface area (Å²) in [7, 11) is 0. The van der Waals surface area contributed by atoms with Gasteiger partial charge in [-0.2, -0.15) is 5.26 Å². The maximum atomic E-state index is 9.27. The molecule has 3 rings (SSSR count). The van der Waals surface area contributed by atoms with Crippen molar-refractivity contribution in [2.75, 3.05) is 0 Å². The Morgan fingerprint density at radius 3 is 3.06 bits per heavy atom. The summed E-state index contributed by atoms with van der Waals surface area (Å²) in [5.41, 5.74) is 8.78. The number of hydrogen-bond acceptors (Lipinski definition) is 4. The minimum absolute atomic E-state index is 0.108. The van der Waals surface area contributed by atoms with Gasteiger partial charge < -0.3 is 15.5 Å². The number of nitrogens with zero attached hydrogens (tertiary/aromatic N) is 2. The molecule has 0 fully saturated rings. The van der Waals surface area contributed by atoms with Crippen LogP contribution in [0.3, 0.4) is 0 Å². The SMILES string of the molecule is Cc1[nH]nc2c1C(c1ccc[nH]1)C(C#N)=C(N)O2. The molecule has 0 spiro atoms. The summed E-state index contributed by atoms with van der Waals surface area (Å²) in [6.07, 6.45) is 1.81. The molecule has 6 heteroatoms. The third-order valence-corrected chi connectivity index (χ3v) is 3.06. The number of nitriles is 1. The van der Waals surface area contributed by atoms with E-state index in [2.05, 4.69) is 21.3 Å². The number of aromatic amines is 2. The fourth-order valence-electron chi connectivity index (χ4n) is 2.23. The lowest BCUT2D eigenvalue weighted by atomic mass is 9.87. The van der Waals surface area contributed by atoms with E-state index in [0.717, 1.165) is 17.0 Å². The highest BCUT2D eigenvalue weighted by atomic mass is 16.5. The molecule has 0 aromatic carbocycles. The van der Waals surface area contributed by atoms with Crippen molar-refractivity contribution in [3.8, 4) is 11.9 Å². The molecule has 1 unspecified atom stereocenters. The van der Waals surface area contributed by atoms with Gasteiger partial charge in [0.25, 0.3) is 0 Å². The number of H-pyrrole nitrogens is 2. The van der Waals surface area contributed by atoms with Crippen molar-refractivity contribution in [3.63, 3.8) is 0 Å². The molecule has 3 heterocycles. The lowest BCUT2D eigenvalue weighted by Gasteiger charge is -2.22. The van der Waals surface area contributed by atoms with Gasteiger partial charge in [-0.25, -0.2) is 0 Å². The molecule has 0 bridgehead atoms. The predicted octanol–water partition coefficient (Wildman–Crippen LogP) is 1.26. The van der Waals surface area contributed by atoms with Gasteiger partial charge in [0.05, 0.1) is 11.5 Å². The van der Waals surface area contributed by atoms with Gasteiger partial charge in [-0.3, -0.25) is 5.10 Å². The normalized spacial score (nSPS) is 18.1. The predicted molar refractivity (Wildman–Crippen MR) is 63.4 cm³/mol. The molecule has 0 radical (unpaired) electrons. The van der Waals surface area contributed by atoms with Crippen molar-refractivity contribution < 1.29 is 4.74 Å². The fraction of sp³-hybridized carbons (Fsp3) is 0.167. The summed E-state index contributed by atoms with van der Waals surface area (Å²) in [6.45, 7) is 1.89. The molecule has 1 aliphatic heterocycles. The number of aryl methyl sites for hydroxylation is 1. The summed E-state index contributed by atoms with van der Waals surface area (Å²) < 4.78 is 5.36. The highest BCUT2D eigenvalue weighted by Gasteiger charge is 2.34. The van der Waals surface area contributed by atoms with Crippen LogP contribution in [0, 0.1) is 18.3 Å². The molecule has 2 aromatic rings. The molecule has 4 N–H and O–H groups in total. The van der Waals surface area contributed by atoms with Gasteiger partial charge in [0.15, 0.2) is 0 Å². The van der Waals surface area contributed by atoms with Crippen LogP contribution in [0.4, 0.5) is 0 Å². The van der Waals surface area contributed by atoms with Crippen molar-refractivity contribution in [2.24, 2.45) is 5.73 Å². The van der Waals surface area contributed by atoms with Gasteiger partial charge in [-0.15, -0.1) is 5.10 Å². The molecule has 18 heavy (non-hydrogen) atoms. The van der Waals surface area contributed by atoms with Gasteiger partial charge in [0.1, 0.15) is 11.6 Å². The third kappa shape index (κ3) is 1.31. The zero-order valence-electron chi connectivity index (χ0n) is 9.69. The number of nitrogens with one attached hydrogen (secondary N) is 2. The molecule has 90 valence electrons. The summed E-state index contributed by atoms with van der Waals surface area (Å²) in [4.78, 5) is 3.11. The van der Waals surface area contributed by atoms with Crippen molar-refractivity contribution in [2.45, 2.75) is 12.8 Å². The number of aromatic nitrogens is 3. The maximum Gasteiger partial charge on any atom is 0.244 e. The largest absolute Gasteiger partial charge is 0.420 e. The van der Waals surface area contributed by atoms with Crippen molar-refractivity contribution >= 4 is 0 Å². The van der Waals surface area contributed by atoms with Crippen LogP contribution in [0.15, 0.2) is 29.8 Å². The number of ether oxygens (including phenoxy) is 1. The Kier molecular flexibility index (Phi) is 2.13. The van der Waals surface area contributed by atoms with Crippen LogP contribution in [0.2, 0.25) is 0 Å². The van der Waals surface area contributed by atoms with Crippen LogP contribution in [-0.4, -0.2) is 15.2 Å². The van der Waals surface area contributed by atoms with Crippen LogP contribution in [0.5, 0.6) is 5.88 Å². The average molecular weight is 241 g/mol. The number of hydrogen-bond donors (Lipinski definition) is 3. The summed E-state index contributed by atoms with van der Waals surface area (Å²) in [5, 5.41) is 16.2. The Labute approximate surface area is 103 Å². The van der Waals surface area contributed by atoms with Crippen LogP contribution in [0.25, 0.3) is 0 Å². The second-order valence-corrected chi connectivity index (χ2v) is 4.12. The molecular weight excluding hydrogens is 230 g/mol. The number of rotatable bonds is 1. The van der Waals surface area contributed by atoms with E-state index in [9.17, 15) is 5.26 Å². The second-order valence-electron chi connectivity index (χ2n) is 4.12. The minimum Gasteiger partial charge on any atom is -0.420 e. The van der Waals surface area contributed by atoms with Gasteiger partial charge in [0, 0.05) is 17.6 Å². The summed E-state index contributed by atoms with van der Waals surface area (Å²) in [5.74, 6) is 0.284. The molecular formula is C12H11N5O. The van der Waals surface area contributed by atoms with Gasteiger partial charge in [0.2, 0.25) is 11.8 Å². The molecule has 0 saturated carbocycles. The van der Waals surface area contributed by atoms with E-state index in [1.807, 2.05) is 25.3 Å². The first-order valence-electron chi connectivity index (χ1n) is 5.48. The van der Waals surface area contributed by atoms with E-state index in [1.54, 1.807) is 0 Å². The molecule has 1 atom stereocenters. The average Bonchev–Trinajstić information content (AvgIpc) is 2.98. The second kappa shape index (κ2) is 3.67. The summed E-state index contributed by atoms with van der Waals surface area (Å²) >= 11 is 0. The smallest absolute Gasteiger partial charge is 0.244 e. The zero-order chi connectivity index (χ0) is 12.7. The minimum atomic E-state index is -0.257. The van der Waals surface area contributed by atoms with Crippen LogP contribution in [-0.2, 0) is 0 Å². The van der Waals surface area contributed by atoms with E-state index in [4.69, 9.17) is 10.5 Å². The van der Waals surface area contributed by atoms with Crippen LogP contribution < -0.4 is 10.5 Å². The fourth-order valence-corrected chi connectivity index (χ4v) is 2.23. The Hall–Kier alpha value is -2.68. The quantitative estimate of drug-likeness (QED) is 0.699. The number of fused-ring (bicyclic) bond motifs is 1. The highest BCUT2D eigenvalue weighted by Crippen LogP contribution is 2.41. The topological polar surface area (TPSA) is 104 Å². The van der Waals surface area contributed by atoms with Gasteiger partial charge >= 0.3 is 0 Å². The number of nitrogens with two attached hydrogens (primary N) is 1. The number of allylic oxidation sites excluding steroid dienone is 1. The first-order valence-corrected chi connectivity index (χ1v) is 5.48. The Morgan fingerprint density at radius 2 is 2.39 bits per heavy atom. The maximum absolute atomic E-state index is 9.27. The molecule has 1 aliphatic rings. The zero-order valence-corrected chi connectivity index (χ0v) is 9.69. The lowest BCUT2D eigenvalue weighted by Crippen LogP contribution is -2.21. The Bertz CT molecular complexity index is 659. The van der Waals surface area contributed by atoms with Crippen LogP contribution in [0.1, 0.15) is 22.9 Å². The third-order valence-electron chi connectivity index (χ3n) is 3.06. The van der Waals surface area contributed by atoms with E-state index in [-0.39, 0.29) is 11.8 Å². The van der Waals surface area contributed by atoms with Crippen LogP contribution >= 0.6 is 0 Å². The first-order chi connectivity index (χ1) is 8.72. The van der Waals surface area contributed by atoms with Crippen molar-refractivity contribution in [1.29, 1.82) is 5.26 Å². The van der Waals surface area contributed by atoms with Gasteiger partial charge in [-0.1, -0.05) is 0 Å². The van der Waals surface area contributed by atoms with Crippen molar-refractivity contribution in [3.05, 3.63) is 46.7 Å². The monoisotopic (exact) mass is 241 g/mol. The summed E-state index contributed by atoms with van der Waals surface area (Å²) in [6, 6.07) is 5.91. The molecule has 0 amide bonds. The lowest BCUT2D eigenvalue weighted by molar-refractivity contribution is 0.378. The van der Waals surface area contributed by atoms with Crippen molar-refractivity contribution in [1.82, 2.24) is 15.2 Å². The first kappa shape index (κ1) is 10.5. The van der Waals surface area contributed by atoms with E-state index >= 15 is 0 Å². The van der Waals surface area contributed by atoms with Gasteiger partial charge in [-0.05, 0) is 19.1 Å². The molecule has 2 aromatic heterocycles. The molecule has 0 aliphatic carbocycles. The van der Waals surface area contributed by atoms with E-state index < -0.39 is 0 Å².